The van der Waals surface area contributed by atoms with Crippen molar-refractivity contribution >= 4 is 5.97 Å². The summed E-state index contributed by atoms with van der Waals surface area (Å²) in [5.41, 5.74) is 3.77. The van der Waals surface area contributed by atoms with Crippen LogP contribution in [0.15, 0.2) is 103 Å². The van der Waals surface area contributed by atoms with Gasteiger partial charge in [0, 0.05) is 24.2 Å². The Labute approximate surface area is 217 Å². The first kappa shape index (κ1) is 26.2. The Bertz CT molecular complexity index is 1310. The molecule has 5 heteroatoms. The highest BCUT2D eigenvalue weighted by molar-refractivity contribution is 5.71. The number of nitrogens with zero attached hydrogens (tertiary/aromatic N) is 1. The molecule has 4 rings (SSSR count). The number of rotatable bonds is 10. The van der Waals surface area contributed by atoms with E-state index in [0.29, 0.717) is 12.1 Å². The highest BCUT2D eigenvalue weighted by Gasteiger charge is 2.29. The number of hydrogen-bond acceptors (Lipinski definition) is 3. The lowest BCUT2D eigenvalue weighted by Crippen LogP contribution is -2.33. The van der Waals surface area contributed by atoms with Crippen LogP contribution < -0.4 is 0 Å². The number of esters is 1. The number of benzene rings is 4. The maximum atomic E-state index is 14.7. The molecule has 37 heavy (non-hydrogen) atoms. The third kappa shape index (κ3) is 6.49. The molecule has 190 valence electrons. The average molecular weight is 500 g/mol. The summed E-state index contributed by atoms with van der Waals surface area (Å²) in [5.74, 6) is -2.09. The van der Waals surface area contributed by atoms with Gasteiger partial charge < -0.3 is 4.74 Å². The largest absolute Gasteiger partial charge is 0.466 e. The molecule has 0 aliphatic carbocycles. The van der Waals surface area contributed by atoms with Crippen LogP contribution in [0.3, 0.4) is 0 Å². The van der Waals surface area contributed by atoms with Crippen LogP contribution in [0.1, 0.15) is 49.0 Å². The molecule has 0 radical (unpaired) electrons. The summed E-state index contributed by atoms with van der Waals surface area (Å²) in [5, 5.41) is 0. The van der Waals surface area contributed by atoms with Crippen LogP contribution in [0.25, 0.3) is 11.1 Å². The second-order valence-electron chi connectivity index (χ2n) is 9.00. The fourth-order valence-corrected chi connectivity index (χ4v) is 4.68. The van der Waals surface area contributed by atoms with Crippen LogP contribution in [0.5, 0.6) is 0 Å². The number of carbonyl (C=O) groups excluding carboxylic acids is 1. The van der Waals surface area contributed by atoms with E-state index in [9.17, 15) is 13.6 Å². The van der Waals surface area contributed by atoms with E-state index in [1.807, 2.05) is 54.6 Å². The van der Waals surface area contributed by atoms with Gasteiger partial charge in [0.15, 0.2) is 11.6 Å². The molecule has 0 amide bonds. The molecule has 0 N–H and O–H groups in total. The zero-order chi connectivity index (χ0) is 26.2. The standard InChI is InChI=1S/C32H31F2NO2/c1-3-37-31(36)21-30(27-17-10-16-26(20-27)28-18-11-19-29(33)32(28)34)35(22-24-12-6-4-7-13-24)23(2)25-14-8-5-9-15-25/h4-20,23,30H,3,21-22H2,1-2H3/t23-,30+/m1/s1. The lowest BCUT2D eigenvalue weighted by atomic mass is 9.94. The van der Waals surface area contributed by atoms with Crippen molar-refractivity contribution in [3.05, 3.63) is 131 Å². The van der Waals surface area contributed by atoms with Crippen LogP contribution >= 0.6 is 0 Å². The van der Waals surface area contributed by atoms with Crippen molar-refractivity contribution in [1.82, 2.24) is 4.90 Å². The van der Waals surface area contributed by atoms with Gasteiger partial charge in [-0.15, -0.1) is 0 Å². The molecule has 0 aliphatic heterocycles. The van der Waals surface area contributed by atoms with Crippen molar-refractivity contribution in [2.24, 2.45) is 0 Å². The molecule has 0 aromatic heterocycles. The van der Waals surface area contributed by atoms with Crippen molar-refractivity contribution in [2.75, 3.05) is 6.61 Å². The Morgan fingerprint density at radius 3 is 2.19 bits per heavy atom. The fourth-order valence-electron chi connectivity index (χ4n) is 4.68. The Morgan fingerprint density at radius 2 is 1.49 bits per heavy atom. The fraction of sp³-hybridized carbons (Fsp3) is 0.219. The summed E-state index contributed by atoms with van der Waals surface area (Å²) in [7, 11) is 0. The van der Waals surface area contributed by atoms with Crippen molar-refractivity contribution in [3.8, 4) is 11.1 Å². The summed E-state index contributed by atoms with van der Waals surface area (Å²) in [6, 6.07) is 31.3. The van der Waals surface area contributed by atoms with Gasteiger partial charge in [-0.1, -0.05) is 91.0 Å². The highest BCUT2D eigenvalue weighted by Crippen LogP contribution is 2.37. The molecule has 0 saturated carbocycles. The minimum Gasteiger partial charge on any atom is -0.466 e. The van der Waals surface area contributed by atoms with E-state index in [4.69, 9.17) is 4.74 Å². The molecular weight excluding hydrogens is 468 g/mol. The number of hydrogen-bond donors (Lipinski definition) is 0. The molecule has 3 nitrogen and oxygen atoms in total. The van der Waals surface area contributed by atoms with Crippen LogP contribution in [0.2, 0.25) is 0 Å². The zero-order valence-corrected chi connectivity index (χ0v) is 21.1. The molecule has 4 aromatic carbocycles. The molecule has 0 unspecified atom stereocenters. The van der Waals surface area contributed by atoms with Crippen LogP contribution in [0.4, 0.5) is 8.78 Å². The van der Waals surface area contributed by atoms with Crippen LogP contribution in [0, 0.1) is 11.6 Å². The number of ether oxygens (including phenoxy) is 1. The van der Waals surface area contributed by atoms with Gasteiger partial charge in [0.25, 0.3) is 0 Å². The molecular formula is C32H31F2NO2. The minimum absolute atomic E-state index is 0.0459. The quantitative estimate of drug-likeness (QED) is 0.208. The van der Waals surface area contributed by atoms with Crippen LogP contribution in [-0.2, 0) is 16.1 Å². The van der Waals surface area contributed by atoms with E-state index >= 15 is 0 Å². The summed E-state index contributed by atoms with van der Waals surface area (Å²) in [6.45, 7) is 4.77. The Morgan fingerprint density at radius 1 is 0.838 bits per heavy atom. The molecule has 2 atom stereocenters. The second-order valence-corrected chi connectivity index (χ2v) is 9.00. The lowest BCUT2D eigenvalue weighted by Gasteiger charge is -2.37. The second kappa shape index (κ2) is 12.4. The number of halogens is 2. The van der Waals surface area contributed by atoms with E-state index in [0.717, 1.165) is 22.8 Å². The molecule has 4 aromatic rings. The monoisotopic (exact) mass is 499 g/mol. The molecule has 0 bridgehead atoms. The summed E-state index contributed by atoms with van der Waals surface area (Å²) < 4.78 is 34.0. The Hall–Kier alpha value is -3.83. The maximum Gasteiger partial charge on any atom is 0.307 e. The highest BCUT2D eigenvalue weighted by atomic mass is 19.2. The van der Waals surface area contributed by atoms with E-state index < -0.39 is 11.6 Å². The first-order chi connectivity index (χ1) is 18.0. The van der Waals surface area contributed by atoms with E-state index in [-0.39, 0.29) is 36.6 Å². The van der Waals surface area contributed by atoms with Gasteiger partial charge in [-0.05, 0) is 48.2 Å². The number of carbonyl (C=O) groups is 1. The van der Waals surface area contributed by atoms with Gasteiger partial charge in [-0.2, -0.15) is 0 Å². The van der Waals surface area contributed by atoms with E-state index in [2.05, 4.69) is 36.1 Å². The first-order valence-corrected chi connectivity index (χ1v) is 12.5. The maximum absolute atomic E-state index is 14.7. The Balaban J connectivity index is 1.81. The van der Waals surface area contributed by atoms with Gasteiger partial charge in [-0.3, -0.25) is 9.69 Å². The molecule has 0 fully saturated rings. The van der Waals surface area contributed by atoms with Crippen molar-refractivity contribution in [3.63, 3.8) is 0 Å². The van der Waals surface area contributed by atoms with E-state index in [1.165, 1.54) is 6.07 Å². The van der Waals surface area contributed by atoms with Crippen LogP contribution in [-0.4, -0.2) is 17.5 Å². The smallest absolute Gasteiger partial charge is 0.307 e. The van der Waals surface area contributed by atoms with Crippen molar-refractivity contribution < 1.29 is 18.3 Å². The summed E-state index contributed by atoms with van der Waals surface area (Å²) >= 11 is 0. The average Bonchev–Trinajstić information content (AvgIpc) is 2.93. The predicted octanol–water partition coefficient (Wildman–Crippen LogP) is 7.89. The van der Waals surface area contributed by atoms with Gasteiger partial charge in [0.2, 0.25) is 0 Å². The Kier molecular flexibility index (Phi) is 8.81. The van der Waals surface area contributed by atoms with Gasteiger partial charge >= 0.3 is 5.97 Å². The summed E-state index contributed by atoms with van der Waals surface area (Å²) in [4.78, 5) is 15.1. The zero-order valence-electron chi connectivity index (χ0n) is 21.1. The summed E-state index contributed by atoms with van der Waals surface area (Å²) in [6.07, 6.45) is 0.118. The molecule has 0 saturated heterocycles. The van der Waals surface area contributed by atoms with Gasteiger partial charge in [0.1, 0.15) is 0 Å². The topological polar surface area (TPSA) is 29.5 Å². The lowest BCUT2D eigenvalue weighted by molar-refractivity contribution is -0.145. The minimum atomic E-state index is -0.894. The molecule has 0 spiro atoms. The SMILES string of the molecule is CCOC(=O)C[C@@H](c1cccc(-c2cccc(F)c2F)c1)N(Cc1ccccc1)[C@H](C)c1ccccc1. The molecule has 0 heterocycles. The predicted molar refractivity (Wildman–Crippen MR) is 143 cm³/mol. The van der Waals surface area contributed by atoms with E-state index in [1.54, 1.807) is 19.1 Å². The van der Waals surface area contributed by atoms with Crippen molar-refractivity contribution in [2.45, 2.75) is 38.9 Å². The molecule has 0 aliphatic rings. The van der Waals surface area contributed by atoms with Gasteiger partial charge in [0.05, 0.1) is 13.0 Å². The third-order valence-electron chi connectivity index (χ3n) is 6.59. The first-order valence-electron chi connectivity index (χ1n) is 12.5. The van der Waals surface area contributed by atoms with Crippen molar-refractivity contribution in [1.29, 1.82) is 0 Å². The normalized spacial score (nSPS) is 12.8. The third-order valence-corrected chi connectivity index (χ3v) is 6.59. The van der Waals surface area contributed by atoms with Gasteiger partial charge in [-0.25, -0.2) is 8.78 Å².